The molecule has 0 bridgehead atoms. The summed E-state index contributed by atoms with van der Waals surface area (Å²) in [4.78, 5) is 11.3. The number of hydrogen-bond acceptors (Lipinski definition) is 10. The van der Waals surface area contributed by atoms with Gasteiger partial charge in [0.05, 0.1) is 28.2 Å². The molecule has 0 amide bonds. The molecule has 12 heteroatoms. The highest BCUT2D eigenvalue weighted by Gasteiger charge is 2.18. The van der Waals surface area contributed by atoms with Crippen LogP contribution in [0.1, 0.15) is 0 Å². The average Bonchev–Trinajstić information content (AvgIpc) is 2.92. The number of fused-ring (bicyclic) bond motifs is 1. The number of likely N-dealkylation sites (N-methyl/N-ethyl adjacent to an activating group) is 1. The van der Waals surface area contributed by atoms with Gasteiger partial charge in [-0.15, -0.1) is 0 Å². The topological polar surface area (TPSA) is 142 Å². The van der Waals surface area contributed by atoms with Crippen LogP contribution in [0.5, 0.6) is 11.5 Å². The van der Waals surface area contributed by atoms with Crippen LogP contribution in [0, 0.1) is 0 Å². The zero-order chi connectivity index (χ0) is 28.2. The third-order valence-corrected chi connectivity index (χ3v) is 8.77. The minimum Gasteiger partial charge on any atom is -0.493 e. The van der Waals surface area contributed by atoms with Crippen molar-refractivity contribution in [1.29, 1.82) is 0 Å². The SMILES string of the molecule is COc1cc2nc(-c3ccc(S(=O)(=O)c4ccccc4)cc3)nc(N)c2cc1OCCN(C)CCS(C)(=O)=O. The Morgan fingerprint density at radius 3 is 2.18 bits per heavy atom. The number of nitrogen functional groups attached to an aromatic ring is 1. The van der Waals surface area contributed by atoms with Crippen molar-refractivity contribution in [2.75, 3.05) is 51.6 Å². The van der Waals surface area contributed by atoms with Crippen LogP contribution in [-0.4, -0.2) is 77.6 Å². The molecule has 3 aromatic carbocycles. The first-order chi connectivity index (χ1) is 18.5. The summed E-state index contributed by atoms with van der Waals surface area (Å²) < 4.78 is 59.9. The molecule has 206 valence electrons. The fourth-order valence-corrected chi connectivity index (χ4v) is 5.75. The number of benzene rings is 3. The maximum Gasteiger partial charge on any atom is 0.206 e. The lowest BCUT2D eigenvalue weighted by molar-refractivity contribution is 0.236. The van der Waals surface area contributed by atoms with Crippen LogP contribution >= 0.6 is 0 Å². The van der Waals surface area contributed by atoms with Crippen molar-refractivity contribution in [2.45, 2.75) is 9.79 Å². The van der Waals surface area contributed by atoms with Crippen LogP contribution in [0.4, 0.5) is 5.82 Å². The van der Waals surface area contributed by atoms with Gasteiger partial charge in [0.1, 0.15) is 22.3 Å². The monoisotopic (exact) mass is 570 g/mol. The molecule has 0 aliphatic rings. The van der Waals surface area contributed by atoms with Gasteiger partial charge in [0.25, 0.3) is 0 Å². The second kappa shape index (κ2) is 11.6. The number of anilines is 1. The average molecular weight is 571 g/mol. The normalized spacial score (nSPS) is 12.1. The van der Waals surface area contributed by atoms with Crippen molar-refractivity contribution in [3.63, 3.8) is 0 Å². The van der Waals surface area contributed by atoms with Crippen LogP contribution in [0.3, 0.4) is 0 Å². The minimum absolute atomic E-state index is 0.0740. The van der Waals surface area contributed by atoms with Gasteiger partial charge in [0, 0.05) is 36.4 Å². The van der Waals surface area contributed by atoms with Gasteiger partial charge in [0.2, 0.25) is 9.84 Å². The summed E-state index contributed by atoms with van der Waals surface area (Å²) in [6, 6.07) is 18.0. The smallest absolute Gasteiger partial charge is 0.206 e. The molecule has 39 heavy (non-hydrogen) atoms. The van der Waals surface area contributed by atoms with E-state index in [1.54, 1.807) is 54.6 Å². The summed E-state index contributed by atoms with van der Waals surface area (Å²) in [6.45, 7) is 1.22. The number of sulfone groups is 2. The minimum atomic E-state index is -3.64. The Balaban J connectivity index is 1.55. The molecule has 4 rings (SSSR count). The van der Waals surface area contributed by atoms with Gasteiger partial charge in [-0.05, 0) is 49.5 Å². The van der Waals surface area contributed by atoms with Crippen molar-refractivity contribution in [2.24, 2.45) is 0 Å². The molecular formula is C27H30N4O6S2. The number of rotatable bonds is 11. The van der Waals surface area contributed by atoms with Gasteiger partial charge in [-0.2, -0.15) is 0 Å². The van der Waals surface area contributed by atoms with Gasteiger partial charge in [-0.1, -0.05) is 18.2 Å². The Labute approximate surface area is 228 Å². The molecule has 0 radical (unpaired) electrons. The summed E-state index contributed by atoms with van der Waals surface area (Å²) in [5, 5.41) is 0.572. The number of aromatic nitrogens is 2. The van der Waals surface area contributed by atoms with Crippen molar-refractivity contribution < 1.29 is 26.3 Å². The molecule has 10 nitrogen and oxygen atoms in total. The fraction of sp³-hybridized carbons (Fsp3) is 0.259. The molecule has 2 N–H and O–H groups in total. The lowest BCUT2D eigenvalue weighted by Gasteiger charge is -2.18. The molecule has 1 heterocycles. The second-order valence-corrected chi connectivity index (χ2v) is 13.3. The Morgan fingerprint density at radius 1 is 0.872 bits per heavy atom. The summed E-state index contributed by atoms with van der Waals surface area (Å²) in [7, 11) is -3.34. The summed E-state index contributed by atoms with van der Waals surface area (Å²) in [6.07, 6.45) is 1.21. The number of hydrogen-bond donors (Lipinski definition) is 1. The highest BCUT2D eigenvalue weighted by molar-refractivity contribution is 7.91. The Hall–Kier alpha value is -3.74. The van der Waals surface area contributed by atoms with E-state index < -0.39 is 19.7 Å². The molecule has 0 aliphatic heterocycles. The maximum absolute atomic E-state index is 12.9. The first-order valence-corrected chi connectivity index (χ1v) is 15.6. The van der Waals surface area contributed by atoms with Crippen molar-refractivity contribution >= 4 is 36.4 Å². The largest absolute Gasteiger partial charge is 0.493 e. The molecule has 0 atom stereocenters. The van der Waals surface area contributed by atoms with E-state index >= 15 is 0 Å². The third kappa shape index (κ3) is 6.83. The molecule has 0 unspecified atom stereocenters. The molecule has 0 saturated heterocycles. The van der Waals surface area contributed by atoms with Gasteiger partial charge in [-0.3, -0.25) is 0 Å². The van der Waals surface area contributed by atoms with Gasteiger partial charge in [-0.25, -0.2) is 26.8 Å². The van der Waals surface area contributed by atoms with E-state index in [4.69, 9.17) is 15.2 Å². The van der Waals surface area contributed by atoms with E-state index in [2.05, 4.69) is 9.97 Å². The van der Waals surface area contributed by atoms with E-state index in [0.717, 1.165) is 0 Å². The second-order valence-electron chi connectivity index (χ2n) is 9.08. The van der Waals surface area contributed by atoms with Gasteiger partial charge in [0.15, 0.2) is 17.3 Å². The predicted molar refractivity (Wildman–Crippen MR) is 151 cm³/mol. The number of ether oxygens (including phenoxy) is 2. The zero-order valence-corrected chi connectivity index (χ0v) is 23.5. The maximum atomic E-state index is 12.9. The first-order valence-electron chi connectivity index (χ1n) is 12.0. The molecule has 0 spiro atoms. The van der Waals surface area contributed by atoms with E-state index in [1.165, 1.54) is 25.5 Å². The summed E-state index contributed by atoms with van der Waals surface area (Å²) in [5.41, 5.74) is 7.42. The van der Waals surface area contributed by atoms with Gasteiger partial charge < -0.3 is 20.1 Å². The van der Waals surface area contributed by atoms with Crippen molar-refractivity contribution in [3.8, 4) is 22.9 Å². The lowest BCUT2D eigenvalue weighted by atomic mass is 10.1. The summed E-state index contributed by atoms with van der Waals surface area (Å²) >= 11 is 0. The Bertz CT molecular complexity index is 1680. The van der Waals surface area contributed by atoms with E-state index in [9.17, 15) is 16.8 Å². The highest BCUT2D eigenvalue weighted by atomic mass is 32.2. The molecule has 0 fully saturated rings. The van der Waals surface area contributed by atoms with Crippen LogP contribution in [-0.2, 0) is 19.7 Å². The zero-order valence-electron chi connectivity index (χ0n) is 21.9. The predicted octanol–water partition coefficient (Wildman–Crippen LogP) is 3.08. The van der Waals surface area contributed by atoms with Gasteiger partial charge >= 0.3 is 0 Å². The van der Waals surface area contributed by atoms with E-state index in [-0.39, 0.29) is 21.4 Å². The van der Waals surface area contributed by atoms with Crippen LogP contribution < -0.4 is 15.2 Å². The lowest BCUT2D eigenvalue weighted by Crippen LogP contribution is -2.29. The van der Waals surface area contributed by atoms with Crippen LogP contribution in [0.25, 0.3) is 22.3 Å². The Morgan fingerprint density at radius 2 is 1.54 bits per heavy atom. The Kier molecular flexibility index (Phi) is 8.38. The van der Waals surface area contributed by atoms with E-state index in [0.29, 0.717) is 53.5 Å². The number of nitrogens with zero attached hydrogens (tertiary/aromatic N) is 3. The van der Waals surface area contributed by atoms with Crippen molar-refractivity contribution in [3.05, 3.63) is 66.7 Å². The standard InChI is InChI=1S/C27H30N4O6S2/c1-31(14-16-38(3,32)33)13-15-37-25-17-22-23(18-24(25)36-2)29-27(30-26(22)28)19-9-11-21(12-10-19)39(34,35)20-7-5-4-6-8-20/h4-12,17-18H,13-16H2,1-3H3,(H2,28,29,30). The fourth-order valence-electron chi connectivity index (χ4n) is 3.83. The van der Waals surface area contributed by atoms with Crippen LogP contribution in [0.15, 0.2) is 76.5 Å². The molecular weight excluding hydrogens is 540 g/mol. The van der Waals surface area contributed by atoms with E-state index in [1.807, 2.05) is 11.9 Å². The number of methoxy groups -OCH3 is 1. The summed E-state index contributed by atoms with van der Waals surface area (Å²) in [5.74, 6) is 1.56. The van der Waals surface area contributed by atoms with Crippen LogP contribution in [0.2, 0.25) is 0 Å². The molecule has 1 aromatic heterocycles. The number of nitrogens with two attached hydrogens (primary N) is 1. The molecule has 0 aliphatic carbocycles. The first kappa shape index (κ1) is 28.3. The molecule has 4 aromatic rings. The highest BCUT2D eigenvalue weighted by Crippen LogP contribution is 2.35. The quantitative estimate of drug-likeness (QED) is 0.286. The van der Waals surface area contributed by atoms with Crippen molar-refractivity contribution in [1.82, 2.24) is 14.9 Å². The third-order valence-electron chi connectivity index (χ3n) is 6.06. The molecule has 0 saturated carbocycles.